The first-order valence-corrected chi connectivity index (χ1v) is 14.4. The number of nitrogens with zero attached hydrogens (tertiary/aromatic N) is 4. The van der Waals surface area contributed by atoms with Crippen LogP contribution in [0.5, 0.6) is 5.75 Å². The number of hydrogen-bond donors (Lipinski definition) is 1. The van der Waals surface area contributed by atoms with Crippen LogP contribution in [-0.2, 0) is 23.0 Å². The summed E-state index contributed by atoms with van der Waals surface area (Å²) in [7, 11) is -0.577. The molecule has 0 spiro atoms. The number of aromatic nitrogens is 1. The summed E-state index contributed by atoms with van der Waals surface area (Å²) in [5, 5.41) is 10.8. The lowest BCUT2D eigenvalue weighted by atomic mass is 9.95. The molecule has 1 fully saturated rings. The second-order valence-corrected chi connectivity index (χ2v) is 12.9. The van der Waals surface area contributed by atoms with Crippen LogP contribution in [0.25, 0.3) is 0 Å². The number of fused-ring (bicyclic) bond motifs is 3. The molecule has 10 nitrogen and oxygen atoms in total. The van der Waals surface area contributed by atoms with Crippen molar-refractivity contribution in [3.63, 3.8) is 0 Å². The summed E-state index contributed by atoms with van der Waals surface area (Å²) < 4.78 is 40.4. The topological polar surface area (TPSA) is 120 Å². The van der Waals surface area contributed by atoms with E-state index in [1.54, 1.807) is 0 Å². The lowest BCUT2D eigenvalue weighted by Crippen LogP contribution is -2.40. The third-order valence-electron chi connectivity index (χ3n) is 7.43. The third kappa shape index (κ3) is 4.48. The number of aromatic hydroxyl groups is 1. The normalized spacial score (nSPS) is 19.3. The summed E-state index contributed by atoms with van der Waals surface area (Å²) in [6.45, 7) is 0.421. The molecule has 1 aliphatic carbocycles. The molecule has 1 atom stereocenters. The molecule has 3 heterocycles. The van der Waals surface area contributed by atoms with Crippen LogP contribution in [0.3, 0.4) is 0 Å². The molecule has 204 valence electrons. The zero-order chi connectivity index (χ0) is 27.5. The van der Waals surface area contributed by atoms with Gasteiger partial charge in [0.1, 0.15) is 17.7 Å². The molecule has 5 rings (SSSR count). The summed E-state index contributed by atoms with van der Waals surface area (Å²) in [5.74, 6) is -2.47. The largest absolute Gasteiger partial charge is 0.502 e. The molecule has 1 unspecified atom stereocenters. The average Bonchev–Trinajstić information content (AvgIpc) is 3.65. The van der Waals surface area contributed by atoms with Gasteiger partial charge in [-0.25, -0.2) is 17.1 Å². The van der Waals surface area contributed by atoms with Crippen LogP contribution in [0.2, 0.25) is 5.02 Å². The first kappa shape index (κ1) is 26.6. The van der Waals surface area contributed by atoms with E-state index in [1.807, 2.05) is 0 Å². The van der Waals surface area contributed by atoms with E-state index in [0.29, 0.717) is 11.1 Å². The van der Waals surface area contributed by atoms with Crippen LogP contribution in [0.15, 0.2) is 23.0 Å². The summed E-state index contributed by atoms with van der Waals surface area (Å²) in [4.78, 5) is 43.4. The van der Waals surface area contributed by atoms with Crippen molar-refractivity contribution in [1.29, 1.82) is 0 Å². The van der Waals surface area contributed by atoms with Gasteiger partial charge in [0.25, 0.3) is 17.4 Å². The van der Waals surface area contributed by atoms with Crippen LogP contribution in [0.1, 0.15) is 57.4 Å². The molecular weight excluding hydrogens is 539 g/mol. The van der Waals surface area contributed by atoms with Crippen LogP contribution in [-0.4, -0.2) is 76.9 Å². The Morgan fingerprint density at radius 3 is 2.50 bits per heavy atom. The highest BCUT2D eigenvalue weighted by atomic mass is 35.5. The highest BCUT2D eigenvalue weighted by Gasteiger charge is 2.49. The molecule has 2 aliphatic heterocycles. The predicted octanol–water partition coefficient (Wildman–Crippen LogP) is 2.19. The van der Waals surface area contributed by atoms with Crippen molar-refractivity contribution in [2.75, 3.05) is 32.9 Å². The molecule has 13 heteroatoms. The Morgan fingerprint density at radius 2 is 1.87 bits per heavy atom. The maximum Gasteiger partial charge on any atom is 0.295 e. The smallest absolute Gasteiger partial charge is 0.295 e. The van der Waals surface area contributed by atoms with Gasteiger partial charge >= 0.3 is 0 Å². The molecule has 1 aromatic carbocycles. The van der Waals surface area contributed by atoms with E-state index in [0.717, 1.165) is 17.1 Å². The van der Waals surface area contributed by atoms with Gasteiger partial charge in [0.2, 0.25) is 10.0 Å². The first-order chi connectivity index (χ1) is 17.9. The van der Waals surface area contributed by atoms with E-state index < -0.39 is 45.1 Å². The van der Waals surface area contributed by atoms with E-state index in [9.17, 15) is 32.3 Å². The molecule has 2 amide bonds. The minimum Gasteiger partial charge on any atom is -0.502 e. The van der Waals surface area contributed by atoms with Crippen molar-refractivity contribution in [2.45, 2.75) is 38.4 Å². The molecule has 38 heavy (non-hydrogen) atoms. The van der Waals surface area contributed by atoms with Gasteiger partial charge in [-0.3, -0.25) is 19.0 Å². The van der Waals surface area contributed by atoms with Crippen molar-refractivity contribution >= 4 is 33.4 Å². The van der Waals surface area contributed by atoms with Gasteiger partial charge in [0.05, 0.1) is 16.3 Å². The van der Waals surface area contributed by atoms with E-state index in [4.69, 9.17) is 11.6 Å². The standard InChI is InChI=1S/C25H28ClFN4O6S/c1-28(2)38(36,37)11-3-9-30-22(15-5-6-15)31-20(24(30)34)16-8-10-29(23(33)19(16)21(32)25(31)35)13-14-4-7-18(27)17(26)12-14/h4,7,12,15,22,32H,3,5-6,8-11,13H2,1-2H3. The van der Waals surface area contributed by atoms with Crippen LogP contribution < -0.4 is 5.56 Å². The predicted molar refractivity (Wildman–Crippen MR) is 137 cm³/mol. The Morgan fingerprint density at radius 1 is 1.16 bits per heavy atom. The summed E-state index contributed by atoms with van der Waals surface area (Å²) in [5.41, 5.74) is -0.0186. The Kier molecular flexibility index (Phi) is 6.77. The fraction of sp³-hybridized carbons (Fsp3) is 0.480. The molecule has 1 aromatic heterocycles. The van der Waals surface area contributed by atoms with Gasteiger partial charge in [0, 0.05) is 39.3 Å². The first-order valence-electron chi connectivity index (χ1n) is 12.4. The number of carbonyl (C=O) groups excluding carboxylic acids is 2. The lowest BCUT2D eigenvalue weighted by Gasteiger charge is -2.30. The number of carbonyl (C=O) groups is 2. The Hall–Kier alpha value is -2.96. The number of rotatable bonds is 8. The fourth-order valence-corrected chi connectivity index (χ4v) is 6.35. The zero-order valence-electron chi connectivity index (χ0n) is 21.0. The second-order valence-electron chi connectivity index (χ2n) is 10.2. The zero-order valence-corrected chi connectivity index (χ0v) is 22.6. The van der Waals surface area contributed by atoms with E-state index in [-0.39, 0.29) is 60.4 Å². The van der Waals surface area contributed by atoms with Gasteiger partial charge in [-0.15, -0.1) is 0 Å². The van der Waals surface area contributed by atoms with E-state index >= 15 is 0 Å². The minimum absolute atomic E-state index is 0.0137. The van der Waals surface area contributed by atoms with Crippen LogP contribution >= 0.6 is 11.6 Å². The molecule has 0 radical (unpaired) electrons. The van der Waals surface area contributed by atoms with Gasteiger partial charge < -0.3 is 14.9 Å². The molecule has 2 aromatic rings. The van der Waals surface area contributed by atoms with Crippen LogP contribution in [0.4, 0.5) is 4.39 Å². The molecule has 0 saturated heterocycles. The highest BCUT2D eigenvalue weighted by molar-refractivity contribution is 7.89. The highest BCUT2D eigenvalue weighted by Crippen LogP contribution is 2.46. The van der Waals surface area contributed by atoms with E-state index in [2.05, 4.69) is 0 Å². The number of pyridine rings is 1. The fourth-order valence-electron chi connectivity index (χ4n) is 5.29. The van der Waals surface area contributed by atoms with Gasteiger partial charge in [-0.1, -0.05) is 17.7 Å². The monoisotopic (exact) mass is 566 g/mol. The quantitative estimate of drug-likeness (QED) is 0.523. The van der Waals surface area contributed by atoms with Crippen molar-refractivity contribution < 1.29 is 27.5 Å². The lowest BCUT2D eigenvalue weighted by molar-refractivity contribution is 0.0665. The number of benzene rings is 1. The van der Waals surface area contributed by atoms with Crippen molar-refractivity contribution in [2.24, 2.45) is 5.92 Å². The maximum atomic E-state index is 13.7. The second kappa shape index (κ2) is 9.65. The minimum atomic E-state index is -3.46. The summed E-state index contributed by atoms with van der Waals surface area (Å²) >= 11 is 5.87. The molecule has 3 aliphatic rings. The SMILES string of the molecule is CN(C)S(=O)(=O)CCCN1C(=O)c2c3c(c(O)c(=O)n2C1C1CC1)C(=O)N(Cc1ccc(F)c(Cl)c1)CC3. The molecular formula is C25H28ClFN4O6S. The van der Waals surface area contributed by atoms with Gasteiger partial charge in [-0.05, 0) is 49.3 Å². The number of halogens is 2. The average molecular weight is 567 g/mol. The number of sulfonamides is 1. The van der Waals surface area contributed by atoms with Crippen molar-refractivity contribution in [1.82, 2.24) is 18.7 Å². The number of amides is 2. The summed E-state index contributed by atoms with van der Waals surface area (Å²) in [6, 6.07) is 4.11. The third-order valence-corrected chi connectivity index (χ3v) is 9.63. The van der Waals surface area contributed by atoms with Gasteiger partial charge in [-0.2, -0.15) is 0 Å². The summed E-state index contributed by atoms with van der Waals surface area (Å²) in [6.07, 6.45) is 1.37. The Balaban J connectivity index is 1.47. The van der Waals surface area contributed by atoms with Crippen LogP contribution in [0, 0.1) is 11.7 Å². The molecule has 1 saturated carbocycles. The Bertz CT molecular complexity index is 1500. The molecule has 1 N–H and O–H groups in total. The molecule has 0 bridgehead atoms. The Labute approximate surface area is 224 Å². The van der Waals surface area contributed by atoms with E-state index in [1.165, 1.54) is 46.7 Å². The maximum absolute atomic E-state index is 13.7. The van der Waals surface area contributed by atoms with Gasteiger partial charge in [0.15, 0.2) is 5.75 Å². The van der Waals surface area contributed by atoms with Crippen molar-refractivity contribution in [3.05, 3.63) is 61.8 Å². The van der Waals surface area contributed by atoms with Crippen molar-refractivity contribution in [3.8, 4) is 5.75 Å². The number of hydrogen-bond acceptors (Lipinski definition) is 6.